The van der Waals surface area contributed by atoms with Crippen LogP contribution in [0.25, 0.3) is 10.9 Å². The summed E-state index contributed by atoms with van der Waals surface area (Å²) in [5, 5.41) is 1.30. The van der Waals surface area contributed by atoms with Gasteiger partial charge in [-0.25, -0.2) is 0 Å². The number of H-pyrrole nitrogens is 1. The van der Waals surface area contributed by atoms with Crippen LogP contribution < -0.4 is 4.74 Å². The average Bonchev–Trinajstić information content (AvgIpc) is 2.95. The average molecular weight is 340 g/mol. The van der Waals surface area contributed by atoms with Crippen LogP contribution in [0.2, 0.25) is 0 Å². The molecule has 1 aromatic heterocycles. The molecule has 4 atom stereocenters. The Hall–Kier alpha value is -1.55. The number of aromatic amines is 1. The second-order valence-electron chi connectivity index (χ2n) is 7.75. The molecular weight excluding hydrogens is 316 g/mol. The highest BCUT2D eigenvalue weighted by molar-refractivity contribution is 7.80. The van der Waals surface area contributed by atoms with E-state index in [0.29, 0.717) is 12.0 Å². The summed E-state index contributed by atoms with van der Waals surface area (Å²) in [6, 6.07) is 6.98. The molecule has 2 saturated heterocycles. The Kier molecular flexibility index (Phi) is 3.21. The number of thiocarbonyl (C=S) groups is 1. The Bertz CT molecular complexity index is 826. The number of methoxy groups -OCH3 is 1. The molecule has 3 aliphatic heterocycles. The second-order valence-corrected chi connectivity index (χ2v) is 8.23. The fourth-order valence-electron chi connectivity index (χ4n) is 5.61. The Labute approximate surface area is 148 Å². The summed E-state index contributed by atoms with van der Waals surface area (Å²) in [5.74, 6) is 3.12. The number of nitrogens with one attached hydrogen (secondary N) is 1. The third-order valence-electron chi connectivity index (χ3n) is 6.62. The van der Waals surface area contributed by atoms with Crippen LogP contribution >= 0.6 is 12.2 Å². The number of rotatable bonds is 2. The van der Waals surface area contributed by atoms with E-state index in [2.05, 4.69) is 28.9 Å². The smallest absolute Gasteiger partial charge is 0.119 e. The molecule has 0 spiro atoms. The molecule has 1 aliphatic carbocycles. The van der Waals surface area contributed by atoms with Gasteiger partial charge in [0.25, 0.3) is 0 Å². The quantitative estimate of drug-likeness (QED) is 0.828. The van der Waals surface area contributed by atoms with Crippen LogP contribution in [0.5, 0.6) is 5.75 Å². The van der Waals surface area contributed by atoms with Crippen LogP contribution in [0.1, 0.15) is 43.4 Å². The Morgan fingerprint density at radius 1 is 1.33 bits per heavy atom. The van der Waals surface area contributed by atoms with Crippen molar-refractivity contribution in [3.63, 3.8) is 0 Å². The molecule has 24 heavy (non-hydrogen) atoms. The molecule has 6 rings (SSSR count). The molecule has 4 unspecified atom stereocenters. The zero-order chi connectivity index (χ0) is 16.4. The molecule has 4 bridgehead atoms. The first-order valence-corrected chi connectivity index (χ1v) is 9.58. The van der Waals surface area contributed by atoms with Crippen molar-refractivity contribution < 1.29 is 4.74 Å². The molecular formula is C20H24N2OS. The van der Waals surface area contributed by atoms with E-state index in [1.807, 2.05) is 6.07 Å². The minimum Gasteiger partial charge on any atom is -0.497 e. The molecule has 0 radical (unpaired) electrons. The maximum absolute atomic E-state index is 5.91. The molecule has 126 valence electrons. The van der Waals surface area contributed by atoms with Gasteiger partial charge in [-0.05, 0) is 48.4 Å². The fraction of sp³-hybridized carbons (Fsp3) is 0.550. The maximum atomic E-state index is 5.91. The molecule has 4 heterocycles. The van der Waals surface area contributed by atoms with Gasteiger partial charge in [-0.2, -0.15) is 0 Å². The lowest BCUT2D eigenvalue weighted by molar-refractivity contribution is 0.0305. The van der Waals surface area contributed by atoms with Crippen molar-refractivity contribution in [3.8, 4) is 5.75 Å². The second kappa shape index (κ2) is 5.22. The Morgan fingerprint density at radius 2 is 2.21 bits per heavy atom. The van der Waals surface area contributed by atoms with Crippen LogP contribution in [-0.2, 0) is 6.42 Å². The first-order chi connectivity index (χ1) is 11.7. The number of benzene rings is 1. The topological polar surface area (TPSA) is 28.3 Å². The zero-order valence-corrected chi connectivity index (χ0v) is 15.2. The van der Waals surface area contributed by atoms with Gasteiger partial charge in [-0.15, -0.1) is 0 Å². The lowest BCUT2D eigenvalue weighted by Crippen LogP contribution is -2.57. The Morgan fingerprint density at radius 3 is 3.00 bits per heavy atom. The van der Waals surface area contributed by atoms with Crippen LogP contribution in [0.4, 0.5) is 0 Å². The molecule has 2 aromatic rings. The molecule has 4 heteroatoms. The molecule has 1 aromatic carbocycles. The van der Waals surface area contributed by atoms with Gasteiger partial charge in [-0.1, -0.05) is 25.6 Å². The third kappa shape index (κ3) is 1.92. The van der Waals surface area contributed by atoms with Crippen molar-refractivity contribution in [2.75, 3.05) is 13.7 Å². The fourth-order valence-corrected chi connectivity index (χ4v) is 5.95. The highest BCUT2D eigenvalue weighted by Gasteiger charge is 2.49. The van der Waals surface area contributed by atoms with Crippen molar-refractivity contribution in [2.45, 2.75) is 44.6 Å². The predicted molar refractivity (Wildman–Crippen MR) is 101 cm³/mol. The normalized spacial score (nSPS) is 31.2. The summed E-state index contributed by atoms with van der Waals surface area (Å²) in [4.78, 5) is 7.51. The van der Waals surface area contributed by atoms with Crippen molar-refractivity contribution in [1.29, 1.82) is 0 Å². The van der Waals surface area contributed by atoms with E-state index in [4.69, 9.17) is 17.0 Å². The van der Waals surface area contributed by atoms with Crippen molar-refractivity contribution >= 4 is 28.1 Å². The van der Waals surface area contributed by atoms with Crippen molar-refractivity contribution in [3.05, 3.63) is 29.5 Å². The monoisotopic (exact) mass is 340 g/mol. The number of fused-ring (bicyclic) bond motifs is 4. The number of hydrogen-bond acceptors (Lipinski definition) is 2. The molecule has 0 amide bonds. The lowest BCUT2D eigenvalue weighted by atomic mass is 9.65. The largest absolute Gasteiger partial charge is 0.497 e. The molecule has 3 fully saturated rings. The highest BCUT2D eigenvalue weighted by atomic mass is 32.1. The van der Waals surface area contributed by atoms with E-state index in [-0.39, 0.29) is 0 Å². The van der Waals surface area contributed by atoms with E-state index >= 15 is 0 Å². The third-order valence-corrected chi connectivity index (χ3v) is 7.00. The van der Waals surface area contributed by atoms with Crippen LogP contribution in [0, 0.1) is 11.8 Å². The van der Waals surface area contributed by atoms with Gasteiger partial charge in [0.05, 0.1) is 12.1 Å². The van der Waals surface area contributed by atoms with Gasteiger partial charge in [0.15, 0.2) is 0 Å². The lowest BCUT2D eigenvalue weighted by Gasteiger charge is -2.54. The van der Waals surface area contributed by atoms with Crippen LogP contribution in [0.15, 0.2) is 18.2 Å². The first-order valence-electron chi connectivity index (χ1n) is 9.17. The van der Waals surface area contributed by atoms with Crippen LogP contribution in [-0.4, -0.2) is 34.6 Å². The number of aromatic nitrogens is 1. The van der Waals surface area contributed by atoms with E-state index in [1.165, 1.54) is 48.0 Å². The summed E-state index contributed by atoms with van der Waals surface area (Å²) in [7, 11) is 1.74. The number of nitrogens with zero attached hydrogens (tertiary/aromatic N) is 1. The minimum atomic E-state index is 0.601. The summed E-state index contributed by atoms with van der Waals surface area (Å²) in [6.45, 7) is 3.53. The Balaban J connectivity index is 1.71. The van der Waals surface area contributed by atoms with Gasteiger partial charge in [0.2, 0.25) is 0 Å². The molecule has 4 aliphatic rings. The summed E-state index contributed by atoms with van der Waals surface area (Å²) >= 11 is 5.91. The minimum absolute atomic E-state index is 0.601. The van der Waals surface area contributed by atoms with Gasteiger partial charge in [-0.3, -0.25) is 0 Å². The number of hydrogen-bond donors (Lipinski definition) is 1. The van der Waals surface area contributed by atoms with E-state index in [1.54, 1.807) is 7.11 Å². The predicted octanol–water partition coefficient (Wildman–Crippen LogP) is 4.26. The van der Waals surface area contributed by atoms with Gasteiger partial charge in [0, 0.05) is 41.5 Å². The first kappa shape index (κ1) is 14.8. The number of piperidine rings is 2. The molecule has 1 N–H and O–H groups in total. The molecule has 1 saturated carbocycles. The number of ether oxygens (including phenoxy) is 1. The molecule has 3 nitrogen and oxygen atoms in total. The highest BCUT2D eigenvalue weighted by Crippen LogP contribution is 2.51. The van der Waals surface area contributed by atoms with Gasteiger partial charge < -0.3 is 14.6 Å². The summed E-state index contributed by atoms with van der Waals surface area (Å²) in [5.41, 5.74) is 4.10. The van der Waals surface area contributed by atoms with Crippen molar-refractivity contribution in [1.82, 2.24) is 9.88 Å². The van der Waals surface area contributed by atoms with Gasteiger partial charge >= 0.3 is 0 Å². The van der Waals surface area contributed by atoms with E-state index < -0.39 is 0 Å². The summed E-state index contributed by atoms with van der Waals surface area (Å²) < 4.78 is 5.45. The van der Waals surface area contributed by atoms with E-state index in [9.17, 15) is 0 Å². The van der Waals surface area contributed by atoms with Crippen molar-refractivity contribution in [2.24, 2.45) is 11.8 Å². The zero-order valence-electron chi connectivity index (χ0n) is 14.3. The standard InChI is InChI=1S/C20H24N2OS/c1-3-12-6-11-7-16-19-15(9-18(24)22(10-11)20(12)16)14-8-13(23-2)4-5-17(14)21-19/h4-5,8,11-12,16,20-21H,3,6-7,9-10H2,1-2H3. The van der Waals surface area contributed by atoms with Gasteiger partial charge in [0.1, 0.15) is 5.75 Å². The SMILES string of the molecule is CCC1CC2CC3c4[nH]c5ccc(OC)cc5c4CC(=S)N(C2)C13. The van der Waals surface area contributed by atoms with Crippen LogP contribution in [0.3, 0.4) is 0 Å². The van der Waals surface area contributed by atoms with E-state index in [0.717, 1.165) is 29.0 Å². The maximum Gasteiger partial charge on any atom is 0.119 e. The summed E-state index contributed by atoms with van der Waals surface area (Å²) in [6.07, 6.45) is 4.87.